The van der Waals surface area contributed by atoms with Crippen LogP contribution in [-0.4, -0.2) is 30.3 Å². The van der Waals surface area contributed by atoms with Crippen molar-refractivity contribution in [3.05, 3.63) is 40.7 Å². The summed E-state index contributed by atoms with van der Waals surface area (Å²) in [5.74, 6) is 0. The van der Waals surface area contributed by atoms with E-state index in [2.05, 4.69) is 15.6 Å². The van der Waals surface area contributed by atoms with E-state index in [0.717, 1.165) is 35.7 Å². The van der Waals surface area contributed by atoms with Crippen LogP contribution in [-0.2, 0) is 4.74 Å². The van der Waals surface area contributed by atoms with Gasteiger partial charge in [0.1, 0.15) is 5.01 Å². The van der Waals surface area contributed by atoms with Crippen LogP contribution in [0.25, 0.3) is 11.3 Å². The molecule has 0 bridgehead atoms. The van der Waals surface area contributed by atoms with Gasteiger partial charge in [0.15, 0.2) is 0 Å². The third-order valence-electron chi connectivity index (χ3n) is 3.82. The summed E-state index contributed by atoms with van der Waals surface area (Å²) in [4.78, 5) is 16.6. The Kier molecular flexibility index (Phi) is 5.25. The van der Waals surface area contributed by atoms with Crippen molar-refractivity contribution in [1.29, 1.82) is 0 Å². The lowest BCUT2D eigenvalue weighted by Gasteiger charge is -2.14. The van der Waals surface area contributed by atoms with Crippen LogP contribution < -0.4 is 10.6 Å². The molecular weight excluding hydrogens is 310 g/mol. The molecule has 2 N–H and O–H groups in total. The van der Waals surface area contributed by atoms with Crippen LogP contribution in [0, 0.1) is 0 Å². The molecule has 0 aliphatic carbocycles. The van der Waals surface area contributed by atoms with Crippen molar-refractivity contribution < 1.29 is 9.53 Å². The Hall–Kier alpha value is -1.92. The van der Waals surface area contributed by atoms with Gasteiger partial charge in [-0.3, -0.25) is 0 Å². The van der Waals surface area contributed by atoms with Crippen LogP contribution in [0.15, 0.2) is 35.7 Å². The summed E-state index contributed by atoms with van der Waals surface area (Å²) < 4.78 is 5.49. The molecule has 0 radical (unpaired) electrons. The highest BCUT2D eigenvalue weighted by atomic mass is 32.1. The Morgan fingerprint density at radius 3 is 3.00 bits per heavy atom. The number of nitrogens with zero attached hydrogens (tertiary/aromatic N) is 1. The first-order chi connectivity index (χ1) is 11.2. The minimum atomic E-state index is -0.176. The molecule has 6 heteroatoms. The fourth-order valence-corrected chi connectivity index (χ4v) is 3.38. The number of amides is 2. The van der Waals surface area contributed by atoms with E-state index < -0.39 is 0 Å². The van der Waals surface area contributed by atoms with Gasteiger partial charge in [0.2, 0.25) is 0 Å². The molecular formula is C17H21N3O2S. The monoisotopic (exact) mass is 331 g/mol. The number of aromatic nitrogens is 1. The van der Waals surface area contributed by atoms with Crippen LogP contribution in [0.4, 0.5) is 4.79 Å². The molecule has 1 aliphatic heterocycles. The van der Waals surface area contributed by atoms with Crippen molar-refractivity contribution in [3.8, 4) is 11.3 Å². The molecule has 2 heterocycles. The van der Waals surface area contributed by atoms with Crippen molar-refractivity contribution >= 4 is 17.4 Å². The second-order valence-corrected chi connectivity index (χ2v) is 6.54. The summed E-state index contributed by atoms with van der Waals surface area (Å²) >= 11 is 1.56. The van der Waals surface area contributed by atoms with E-state index in [9.17, 15) is 4.79 Å². The van der Waals surface area contributed by atoms with Crippen LogP contribution in [0.5, 0.6) is 0 Å². The van der Waals surface area contributed by atoms with Gasteiger partial charge in [0.25, 0.3) is 0 Å². The van der Waals surface area contributed by atoms with Gasteiger partial charge in [-0.1, -0.05) is 30.3 Å². The smallest absolute Gasteiger partial charge is 0.315 e. The molecule has 1 aromatic heterocycles. The zero-order valence-electron chi connectivity index (χ0n) is 13.1. The van der Waals surface area contributed by atoms with Gasteiger partial charge in [-0.25, -0.2) is 9.78 Å². The predicted molar refractivity (Wildman–Crippen MR) is 91.5 cm³/mol. The molecule has 5 nitrogen and oxygen atoms in total. The maximum absolute atomic E-state index is 12.0. The highest BCUT2D eigenvalue weighted by Gasteiger charge is 2.18. The van der Waals surface area contributed by atoms with E-state index in [4.69, 9.17) is 4.74 Å². The van der Waals surface area contributed by atoms with Crippen LogP contribution in [0.1, 0.15) is 30.8 Å². The second-order valence-electron chi connectivity index (χ2n) is 5.65. The van der Waals surface area contributed by atoms with E-state index in [-0.39, 0.29) is 18.2 Å². The molecule has 1 aliphatic rings. The molecule has 2 aromatic rings. The molecule has 0 saturated carbocycles. The Balaban J connectivity index is 1.52. The molecule has 0 unspecified atom stereocenters. The van der Waals surface area contributed by atoms with Gasteiger partial charge in [0.05, 0.1) is 17.8 Å². The first-order valence-electron chi connectivity index (χ1n) is 7.89. The number of thiazole rings is 1. The SMILES string of the molecule is C[C@H](NC(=O)NC[C@@H]1CCCO1)c1nc(-c2ccccc2)cs1. The maximum Gasteiger partial charge on any atom is 0.315 e. The summed E-state index contributed by atoms with van der Waals surface area (Å²) in [5, 5.41) is 8.71. The lowest BCUT2D eigenvalue weighted by atomic mass is 10.2. The minimum Gasteiger partial charge on any atom is -0.376 e. The third kappa shape index (κ3) is 4.30. The second kappa shape index (κ2) is 7.57. The first kappa shape index (κ1) is 16.0. The number of carbonyl (C=O) groups is 1. The van der Waals surface area contributed by atoms with Crippen molar-refractivity contribution in [2.75, 3.05) is 13.2 Å². The molecule has 0 spiro atoms. The van der Waals surface area contributed by atoms with Crippen LogP contribution in [0.3, 0.4) is 0 Å². The summed E-state index contributed by atoms with van der Waals surface area (Å²) in [6.07, 6.45) is 2.25. The van der Waals surface area contributed by atoms with E-state index in [1.54, 1.807) is 11.3 Å². The quantitative estimate of drug-likeness (QED) is 0.883. The number of urea groups is 1. The van der Waals surface area contributed by atoms with Crippen molar-refractivity contribution in [1.82, 2.24) is 15.6 Å². The zero-order valence-corrected chi connectivity index (χ0v) is 13.9. The zero-order chi connectivity index (χ0) is 16.1. The van der Waals surface area contributed by atoms with Crippen LogP contribution in [0.2, 0.25) is 0 Å². The molecule has 2 amide bonds. The maximum atomic E-state index is 12.0. The molecule has 1 saturated heterocycles. The van der Waals surface area contributed by atoms with Gasteiger partial charge in [-0.15, -0.1) is 11.3 Å². The number of hydrogen-bond acceptors (Lipinski definition) is 4. The van der Waals surface area contributed by atoms with Gasteiger partial charge in [-0.2, -0.15) is 0 Å². The largest absolute Gasteiger partial charge is 0.376 e. The molecule has 122 valence electrons. The fourth-order valence-electron chi connectivity index (χ4n) is 2.55. The Morgan fingerprint density at radius 1 is 1.43 bits per heavy atom. The van der Waals surface area contributed by atoms with Gasteiger partial charge >= 0.3 is 6.03 Å². The molecule has 1 aromatic carbocycles. The third-order valence-corrected chi connectivity index (χ3v) is 4.85. The van der Waals surface area contributed by atoms with Crippen molar-refractivity contribution in [3.63, 3.8) is 0 Å². The Bertz CT molecular complexity index is 638. The highest BCUT2D eigenvalue weighted by Crippen LogP contribution is 2.25. The normalized spacial score (nSPS) is 18.6. The van der Waals surface area contributed by atoms with E-state index in [1.165, 1.54) is 0 Å². The predicted octanol–water partition coefficient (Wildman–Crippen LogP) is 3.35. The van der Waals surface area contributed by atoms with Crippen molar-refractivity contribution in [2.24, 2.45) is 0 Å². The summed E-state index contributed by atoms with van der Waals surface area (Å²) in [5.41, 5.74) is 2.03. The van der Waals surface area contributed by atoms with Gasteiger partial charge in [-0.05, 0) is 19.8 Å². The van der Waals surface area contributed by atoms with Gasteiger partial charge < -0.3 is 15.4 Å². The topological polar surface area (TPSA) is 63.2 Å². The number of rotatable bonds is 5. The average Bonchev–Trinajstić information content (AvgIpc) is 3.25. The van der Waals surface area contributed by atoms with Crippen LogP contribution >= 0.6 is 11.3 Å². The van der Waals surface area contributed by atoms with E-state index >= 15 is 0 Å². The van der Waals surface area contributed by atoms with Crippen molar-refractivity contribution in [2.45, 2.75) is 31.9 Å². The lowest BCUT2D eigenvalue weighted by molar-refractivity contribution is 0.111. The molecule has 23 heavy (non-hydrogen) atoms. The van der Waals surface area contributed by atoms with Gasteiger partial charge in [0, 0.05) is 24.1 Å². The number of hydrogen-bond donors (Lipinski definition) is 2. The summed E-state index contributed by atoms with van der Waals surface area (Å²) in [7, 11) is 0. The number of carbonyl (C=O) groups excluding carboxylic acids is 1. The molecule has 3 rings (SSSR count). The lowest BCUT2D eigenvalue weighted by Crippen LogP contribution is -2.40. The highest BCUT2D eigenvalue weighted by molar-refractivity contribution is 7.10. The Morgan fingerprint density at radius 2 is 2.26 bits per heavy atom. The average molecular weight is 331 g/mol. The minimum absolute atomic E-state index is 0.123. The Labute approximate surface area is 140 Å². The summed E-state index contributed by atoms with van der Waals surface area (Å²) in [6.45, 7) is 3.30. The standard InChI is InChI=1S/C17H21N3O2S/c1-12(19-17(21)18-10-14-8-5-9-22-14)16-20-15(11-23-16)13-6-3-2-4-7-13/h2-4,6-7,11-12,14H,5,8-10H2,1H3,(H2,18,19,21)/t12-,14-/m0/s1. The number of ether oxygens (including phenoxy) is 1. The summed E-state index contributed by atoms with van der Waals surface area (Å²) in [6, 6.07) is 9.74. The van der Waals surface area contributed by atoms with E-state index in [0.29, 0.717) is 6.54 Å². The first-order valence-corrected chi connectivity index (χ1v) is 8.77. The molecule has 1 fully saturated rings. The number of nitrogens with one attached hydrogen (secondary N) is 2. The fraction of sp³-hybridized carbons (Fsp3) is 0.412. The molecule has 2 atom stereocenters. The van der Waals surface area contributed by atoms with E-state index in [1.807, 2.05) is 42.6 Å². The number of benzene rings is 1.